The summed E-state index contributed by atoms with van der Waals surface area (Å²) in [6, 6.07) is 6.01. The Labute approximate surface area is 124 Å². The van der Waals surface area contributed by atoms with Crippen molar-refractivity contribution in [3.63, 3.8) is 0 Å². The normalized spacial score (nSPS) is 31.0. The summed E-state index contributed by atoms with van der Waals surface area (Å²) in [6.07, 6.45) is 3.92. The third-order valence-corrected chi connectivity index (χ3v) is 4.56. The van der Waals surface area contributed by atoms with E-state index in [2.05, 4.69) is 17.2 Å². The lowest BCUT2D eigenvalue weighted by atomic mass is 9.75. The Balaban J connectivity index is 2.09. The standard InChI is InChI=1S/C16H20FN3O/c1-11-5-4-8-16(10-11)14(18-2)19-15(21)20(16)13-7-3-6-12(17)9-13/h3,6-7,9,11H,4-5,8,10H2,1-2H3,(H,18,19,21)/t11-,16-/m1/s1. The highest BCUT2D eigenvalue weighted by molar-refractivity contribution is 6.19. The van der Waals surface area contributed by atoms with Gasteiger partial charge >= 0.3 is 6.03 Å². The molecule has 1 heterocycles. The molecule has 2 amide bonds. The van der Waals surface area contributed by atoms with Gasteiger partial charge in [-0.2, -0.15) is 0 Å². The number of nitrogens with zero attached hydrogens (tertiary/aromatic N) is 2. The van der Waals surface area contributed by atoms with Crippen LogP contribution in [0.25, 0.3) is 0 Å². The molecule has 1 aromatic rings. The predicted octanol–water partition coefficient (Wildman–Crippen LogP) is 3.33. The van der Waals surface area contributed by atoms with Crippen LogP contribution in [0.1, 0.15) is 32.6 Å². The van der Waals surface area contributed by atoms with E-state index >= 15 is 0 Å². The molecule has 0 unspecified atom stereocenters. The lowest BCUT2D eigenvalue weighted by Gasteiger charge is -2.42. The quantitative estimate of drug-likeness (QED) is 0.846. The third-order valence-electron chi connectivity index (χ3n) is 4.56. The van der Waals surface area contributed by atoms with Gasteiger partial charge in [-0.15, -0.1) is 0 Å². The van der Waals surface area contributed by atoms with Gasteiger partial charge in [-0.05, 0) is 37.0 Å². The van der Waals surface area contributed by atoms with Crippen molar-refractivity contribution in [1.82, 2.24) is 5.32 Å². The van der Waals surface area contributed by atoms with Crippen LogP contribution in [0, 0.1) is 11.7 Å². The Hall–Kier alpha value is -1.91. The van der Waals surface area contributed by atoms with E-state index in [1.54, 1.807) is 24.1 Å². The lowest BCUT2D eigenvalue weighted by molar-refractivity contribution is 0.243. The molecule has 21 heavy (non-hydrogen) atoms. The number of aliphatic imine (C=N–C) groups is 1. The molecule has 2 fully saturated rings. The van der Waals surface area contributed by atoms with Gasteiger partial charge in [0.15, 0.2) is 0 Å². The second kappa shape index (κ2) is 5.13. The topological polar surface area (TPSA) is 44.7 Å². The monoisotopic (exact) mass is 289 g/mol. The molecule has 0 bridgehead atoms. The number of amidine groups is 1. The highest BCUT2D eigenvalue weighted by Gasteiger charge is 2.52. The SMILES string of the molecule is CN=C1NC(=O)N(c2cccc(F)c2)[C@@]12CCC[C@@H](C)C2. The molecule has 1 aliphatic carbocycles. The van der Waals surface area contributed by atoms with Crippen molar-refractivity contribution in [2.24, 2.45) is 10.9 Å². The summed E-state index contributed by atoms with van der Waals surface area (Å²) >= 11 is 0. The number of amides is 2. The Morgan fingerprint density at radius 2 is 2.29 bits per heavy atom. The van der Waals surface area contributed by atoms with Crippen LogP contribution in [0.4, 0.5) is 14.9 Å². The zero-order valence-corrected chi connectivity index (χ0v) is 12.4. The third kappa shape index (κ3) is 2.20. The maximum atomic E-state index is 13.6. The Morgan fingerprint density at radius 3 is 2.95 bits per heavy atom. The second-order valence-electron chi connectivity index (χ2n) is 6.05. The van der Waals surface area contributed by atoms with Crippen molar-refractivity contribution < 1.29 is 9.18 Å². The summed E-state index contributed by atoms with van der Waals surface area (Å²) in [5.41, 5.74) is 0.150. The van der Waals surface area contributed by atoms with Crippen LogP contribution in [0.2, 0.25) is 0 Å². The van der Waals surface area contributed by atoms with E-state index < -0.39 is 5.54 Å². The van der Waals surface area contributed by atoms with Gasteiger partial charge in [0.05, 0.1) is 0 Å². The summed E-state index contributed by atoms with van der Waals surface area (Å²) in [5.74, 6) is 0.892. The van der Waals surface area contributed by atoms with Crippen molar-refractivity contribution in [3.05, 3.63) is 30.1 Å². The van der Waals surface area contributed by atoms with Crippen LogP contribution in [-0.4, -0.2) is 24.5 Å². The lowest BCUT2D eigenvalue weighted by Crippen LogP contribution is -2.52. The molecule has 4 nitrogen and oxygen atoms in total. The Bertz CT molecular complexity index is 601. The minimum Gasteiger partial charge on any atom is -0.294 e. The number of rotatable bonds is 1. The first-order chi connectivity index (χ1) is 10.1. The first-order valence-corrected chi connectivity index (χ1v) is 7.41. The number of halogens is 1. The first-order valence-electron chi connectivity index (χ1n) is 7.41. The number of urea groups is 1. The molecule has 5 heteroatoms. The minimum absolute atomic E-state index is 0.213. The Kier molecular flexibility index (Phi) is 3.43. The van der Waals surface area contributed by atoms with Crippen molar-refractivity contribution in [2.45, 2.75) is 38.1 Å². The number of carbonyl (C=O) groups is 1. The number of carbonyl (C=O) groups excluding carboxylic acids is 1. The van der Waals surface area contributed by atoms with E-state index in [9.17, 15) is 9.18 Å². The predicted molar refractivity (Wildman–Crippen MR) is 81.1 cm³/mol. The number of anilines is 1. The summed E-state index contributed by atoms with van der Waals surface area (Å²) in [7, 11) is 1.70. The Morgan fingerprint density at radius 1 is 1.48 bits per heavy atom. The van der Waals surface area contributed by atoms with E-state index in [0.29, 0.717) is 17.4 Å². The smallest absolute Gasteiger partial charge is 0.294 e. The van der Waals surface area contributed by atoms with Gasteiger partial charge in [0.1, 0.15) is 17.2 Å². The maximum absolute atomic E-state index is 13.6. The molecule has 0 radical (unpaired) electrons. The van der Waals surface area contributed by atoms with E-state index in [1.165, 1.54) is 12.1 Å². The van der Waals surface area contributed by atoms with E-state index in [-0.39, 0.29) is 11.8 Å². The molecule has 1 aliphatic heterocycles. The fourth-order valence-corrected chi connectivity index (χ4v) is 3.76. The molecule has 2 aliphatic rings. The molecule has 3 rings (SSSR count). The van der Waals surface area contributed by atoms with E-state index in [0.717, 1.165) is 25.7 Å². The fourth-order valence-electron chi connectivity index (χ4n) is 3.76. The number of hydrogen-bond acceptors (Lipinski definition) is 2. The molecule has 0 aromatic heterocycles. The summed E-state index contributed by atoms with van der Waals surface area (Å²) in [6.45, 7) is 2.20. The number of benzene rings is 1. The summed E-state index contributed by atoms with van der Waals surface area (Å²) in [4.78, 5) is 18.4. The van der Waals surface area contributed by atoms with Crippen molar-refractivity contribution >= 4 is 17.6 Å². The molecule has 1 aromatic carbocycles. The zero-order valence-electron chi connectivity index (χ0n) is 12.4. The number of hydrogen-bond donors (Lipinski definition) is 1. The molecule has 1 saturated carbocycles. The summed E-state index contributed by atoms with van der Waals surface area (Å²) in [5, 5.41) is 2.87. The molecular formula is C16H20FN3O. The first kappa shape index (κ1) is 14.0. The van der Waals surface area contributed by atoms with Crippen LogP contribution < -0.4 is 10.2 Å². The van der Waals surface area contributed by atoms with Crippen molar-refractivity contribution in [2.75, 3.05) is 11.9 Å². The maximum Gasteiger partial charge on any atom is 0.328 e. The average Bonchev–Trinajstić information content (AvgIpc) is 2.70. The van der Waals surface area contributed by atoms with Gasteiger partial charge in [-0.25, -0.2) is 9.18 Å². The van der Waals surface area contributed by atoms with Crippen LogP contribution in [-0.2, 0) is 0 Å². The average molecular weight is 289 g/mol. The number of nitrogens with one attached hydrogen (secondary N) is 1. The van der Waals surface area contributed by atoms with Crippen LogP contribution in [0.15, 0.2) is 29.3 Å². The van der Waals surface area contributed by atoms with Crippen LogP contribution in [0.5, 0.6) is 0 Å². The van der Waals surface area contributed by atoms with Gasteiger partial charge in [-0.3, -0.25) is 15.2 Å². The van der Waals surface area contributed by atoms with Crippen molar-refractivity contribution in [3.8, 4) is 0 Å². The highest BCUT2D eigenvalue weighted by atomic mass is 19.1. The van der Waals surface area contributed by atoms with Gasteiger partial charge in [0.2, 0.25) is 0 Å². The van der Waals surface area contributed by atoms with Gasteiger partial charge in [0.25, 0.3) is 0 Å². The molecule has 2 atom stereocenters. The molecular weight excluding hydrogens is 269 g/mol. The molecule has 1 N–H and O–H groups in total. The highest BCUT2D eigenvalue weighted by Crippen LogP contribution is 2.42. The second-order valence-corrected chi connectivity index (χ2v) is 6.05. The largest absolute Gasteiger partial charge is 0.328 e. The van der Waals surface area contributed by atoms with Crippen molar-refractivity contribution in [1.29, 1.82) is 0 Å². The van der Waals surface area contributed by atoms with Gasteiger partial charge < -0.3 is 0 Å². The molecule has 112 valence electrons. The van der Waals surface area contributed by atoms with Gasteiger partial charge in [-0.1, -0.05) is 25.8 Å². The van der Waals surface area contributed by atoms with E-state index in [1.807, 2.05) is 0 Å². The van der Waals surface area contributed by atoms with Crippen LogP contribution >= 0.6 is 0 Å². The van der Waals surface area contributed by atoms with Gasteiger partial charge in [0, 0.05) is 12.7 Å². The van der Waals surface area contributed by atoms with E-state index in [4.69, 9.17) is 0 Å². The fraction of sp³-hybridized carbons (Fsp3) is 0.500. The molecule has 1 spiro atoms. The molecule has 1 saturated heterocycles. The van der Waals surface area contributed by atoms with Crippen LogP contribution in [0.3, 0.4) is 0 Å². The summed E-state index contributed by atoms with van der Waals surface area (Å²) < 4.78 is 13.6. The minimum atomic E-state index is -0.447. The zero-order chi connectivity index (χ0) is 15.0.